The molecule has 3 fully saturated rings. The quantitative estimate of drug-likeness (QED) is 0.0264. The number of rotatable bonds is 19. The average molecular weight is 1060 g/mol. The third-order valence-corrected chi connectivity index (χ3v) is 18.1. The van der Waals surface area contributed by atoms with Gasteiger partial charge < -0.3 is 44.0 Å². The first-order valence-corrected chi connectivity index (χ1v) is 27.4. The summed E-state index contributed by atoms with van der Waals surface area (Å²) in [6, 6.07) is 30.6. The molecule has 17 heteroatoms. The number of benzene rings is 3. The standard InChI is InChI=1S/C58H64N2O13S2/c1-34(61)31-57-33-69-43(57)30-42(63)56(7)50(57)52(73-53(66)40-24-15-10-16-25-40)58(68)32-41(35(2)46(55(58,5)6)48(51(56)65)70-37(4)62)71-54(67)49(72-45(64)27-19-29-74-75-44-26-17-18-28-59-44)47(39-22-13-9-14-23-39)60-36(3)38-20-11-8-12-21-38/h8-18,20-26,28,41-43,47-50,52,60,63,68H,3,19,27,29-33H2,1-2,4-7H3/t41-,42-,43+,47-,48+,49+,50-,52-,56+,57+,58+/m0/s1. The van der Waals surface area contributed by atoms with E-state index in [4.69, 9.17) is 23.7 Å². The highest BCUT2D eigenvalue weighted by Crippen LogP contribution is 2.67. The van der Waals surface area contributed by atoms with E-state index in [1.54, 1.807) is 75.5 Å². The van der Waals surface area contributed by atoms with Gasteiger partial charge in [-0.3, -0.25) is 14.4 Å². The number of aliphatic hydroxyl groups excluding tert-OH is 1. The van der Waals surface area contributed by atoms with Crippen molar-refractivity contribution in [3.63, 3.8) is 0 Å². The molecule has 0 radical (unpaired) electrons. The van der Waals surface area contributed by atoms with E-state index in [2.05, 4.69) is 16.9 Å². The lowest BCUT2D eigenvalue weighted by molar-refractivity contribution is -0.319. The maximum atomic E-state index is 15.9. The minimum atomic E-state index is -2.33. The van der Waals surface area contributed by atoms with Crippen molar-refractivity contribution in [2.45, 2.75) is 127 Å². The Hall–Kier alpha value is -6.11. The molecule has 75 heavy (non-hydrogen) atoms. The van der Waals surface area contributed by atoms with Crippen molar-refractivity contribution in [3.8, 4) is 0 Å². The number of aromatic nitrogens is 1. The molecular formula is C58H64N2O13S2. The van der Waals surface area contributed by atoms with E-state index in [0.717, 1.165) is 11.9 Å². The Kier molecular flexibility index (Phi) is 16.6. The summed E-state index contributed by atoms with van der Waals surface area (Å²) < 4.78 is 31.5. The lowest BCUT2D eigenvalue weighted by Crippen LogP contribution is -2.78. The predicted octanol–water partition coefficient (Wildman–Crippen LogP) is 8.40. The van der Waals surface area contributed by atoms with Crippen molar-refractivity contribution in [3.05, 3.63) is 150 Å². The second-order valence-corrected chi connectivity index (χ2v) is 23.1. The summed E-state index contributed by atoms with van der Waals surface area (Å²) in [7, 11) is 2.98. The first kappa shape index (κ1) is 55.1. The summed E-state index contributed by atoms with van der Waals surface area (Å²) in [5.41, 5.74) is -5.18. The van der Waals surface area contributed by atoms with Crippen LogP contribution in [0.2, 0.25) is 0 Å². The SMILES string of the molecule is C=C(N[C@@H](c1ccccc1)[C@@H](OC(=O)CCCSSc1ccccn1)C(=O)O[C@H]1C[C@@]2(O)[C@@H](OC(=O)c3ccccc3)[C@@H]3[C@]4(CC(C)=O)CO[C@@H]4C[C@H](O)[C@@]3(C)C(=O)[C@H](OC(C)=O)C(=C1C)C2(C)C)c1ccccc1. The van der Waals surface area contributed by atoms with E-state index in [0.29, 0.717) is 29.0 Å². The normalized spacial score (nSPS) is 28.3. The number of hydrogen-bond donors (Lipinski definition) is 3. The van der Waals surface area contributed by atoms with Crippen LogP contribution in [-0.2, 0) is 47.7 Å². The second kappa shape index (κ2) is 22.6. The van der Waals surface area contributed by atoms with Gasteiger partial charge in [0.05, 0.1) is 35.8 Å². The Bertz CT molecular complexity index is 2820. The zero-order chi connectivity index (χ0) is 53.9. The summed E-state index contributed by atoms with van der Waals surface area (Å²) in [5.74, 6) is -5.31. The molecule has 4 aromatic rings. The number of hydrogen-bond acceptors (Lipinski definition) is 17. The van der Waals surface area contributed by atoms with Crippen LogP contribution in [0, 0.1) is 22.2 Å². The second-order valence-electron chi connectivity index (χ2n) is 20.7. The average Bonchev–Trinajstić information content (AvgIpc) is 3.47. The number of nitrogens with zero attached hydrogens (tertiary/aromatic N) is 1. The van der Waals surface area contributed by atoms with Gasteiger partial charge in [-0.25, -0.2) is 14.6 Å². The van der Waals surface area contributed by atoms with Gasteiger partial charge in [-0.15, -0.1) is 0 Å². The van der Waals surface area contributed by atoms with E-state index >= 15 is 9.59 Å². The van der Waals surface area contributed by atoms with Gasteiger partial charge in [0.2, 0.25) is 6.10 Å². The van der Waals surface area contributed by atoms with Crippen LogP contribution in [0.4, 0.5) is 0 Å². The van der Waals surface area contributed by atoms with Crippen molar-refractivity contribution in [2.24, 2.45) is 22.2 Å². The van der Waals surface area contributed by atoms with E-state index in [1.807, 2.05) is 48.5 Å². The lowest BCUT2D eigenvalue weighted by atomic mass is 9.41. The molecule has 1 saturated heterocycles. The molecule has 0 unspecified atom stereocenters. The van der Waals surface area contributed by atoms with E-state index in [9.17, 15) is 29.4 Å². The topological polar surface area (TPSA) is 214 Å². The zero-order valence-electron chi connectivity index (χ0n) is 42.9. The van der Waals surface area contributed by atoms with Crippen LogP contribution in [0.15, 0.2) is 138 Å². The van der Waals surface area contributed by atoms with Crippen LogP contribution in [0.3, 0.4) is 0 Å². The molecule has 2 bridgehead atoms. The van der Waals surface area contributed by atoms with Crippen LogP contribution in [0.1, 0.15) is 101 Å². The fourth-order valence-electron chi connectivity index (χ4n) is 11.9. The molecule has 3 N–H and O–H groups in total. The Morgan fingerprint density at radius 2 is 1.52 bits per heavy atom. The zero-order valence-corrected chi connectivity index (χ0v) is 44.5. The number of carbonyl (C=O) groups is 6. The van der Waals surface area contributed by atoms with Crippen molar-refractivity contribution in [1.82, 2.24) is 10.3 Å². The number of carbonyl (C=O) groups excluding carboxylic acids is 6. The van der Waals surface area contributed by atoms with Gasteiger partial charge in [-0.2, -0.15) is 0 Å². The smallest absolute Gasteiger partial charge is 0.350 e. The Morgan fingerprint density at radius 3 is 2.12 bits per heavy atom. The number of aliphatic hydroxyl groups is 2. The Balaban J connectivity index is 1.24. The molecule has 0 amide bonds. The highest BCUT2D eigenvalue weighted by atomic mass is 33.1. The fraction of sp³-hybridized carbons (Fsp3) is 0.431. The first-order valence-electron chi connectivity index (χ1n) is 25.1. The molecule has 11 atom stereocenters. The molecule has 2 heterocycles. The van der Waals surface area contributed by atoms with Crippen LogP contribution >= 0.6 is 21.6 Å². The molecule has 3 aromatic carbocycles. The number of pyridine rings is 1. The van der Waals surface area contributed by atoms with Crippen molar-refractivity contribution in [2.75, 3.05) is 12.4 Å². The summed E-state index contributed by atoms with van der Waals surface area (Å²) in [6.45, 7) is 13.1. The van der Waals surface area contributed by atoms with E-state index in [-0.39, 0.29) is 48.4 Å². The summed E-state index contributed by atoms with van der Waals surface area (Å²) >= 11 is 0. The summed E-state index contributed by atoms with van der Waals surface area (Å²) in [5, 5.41) is 30.6. The van der Waals surface area contributed by atoms with Gasteiger partial charge in [0.1, 0.15) is 28.6 Å². The van der Waals surface area contributed by atoms with Crippen molar-refractivity contribution in [1.29, 1.82) is 0 Å². The highest BCUT2D eigenvalue weighted by molar-refractivity contribution is 8.76. The molecule has 1 aromatic heterocycles. The van der Waals surface area contributed by atoms with Gasteiger partial charge in [-0.1, -0.05) is 116 Å². The number of Topliss-reactive ketones (excluding diaryl/α,β-unsaturated/α-hetero) is 2. The van der Waals surface area contributed by atoms with Crippen LogP contribution in [0.5, 0.6) is 0 Å². The molecular weight excluding hydrogens is 997 g/mol. The molecule has 2 saturated carbocycles. The number of nitrogens with one attached hydrogen (secondary N) is 1. The number of ketones is 2. The van der Waals surface area contributed by atoms with Crippen LogP contribution < -0.4 is 5.32 Å². The maximum Gasteiger partial charge on any atom is 0.350 e. The molecule has 4 aliphatic rings. The monoisotopic (exact) mass is 1060 g/mol. The van der Waals surface area contributed by atoms with Crippen molar-refractivity contribution >= 4 is 62.7 Å². The lowest BCUT2D eigenvalue weighted by Gasteiger charge is -2.68. The summed E-state index contributed by atoms with van der Waals surface area (Å²) in [6.07, 6.45) is -7.70. The molecule has 0 spiro atoms. The van der Waals surface area contributed by atoms with Gasteiger partial charge >= 0.3 is 23.9 Å². The minimum Gasteiger partial charge on any atom is -0.455 e. The Morgan fingerprint density at radius 1 is 0.880 bits per heavy atom. The van der Waals surface area contributed by atoms with Gasteiger partial charge in [0.15, 0.2) is 11.9 Å². The first-order chi connectivity index (χ1) is 35.7. The van der Waals surface area contributed by atoms with Gasteiger partial charge in [0.25, 0.3) is 0 Å². The summed E-state index contributed by atoms with van der Waals surface area (Å²) in [4.78, 5) is 91.0. The molecule has 396 valence electrons. The van der Waals surface area contributed by atoms with Gasteiger partial charge in [-0.05, 0) is 84.5 Å². The van der Waals surface area contributed by atoms with Crippen molar-refractivity contribution < 1.29 is 62.7 Å². The van der Waals surface area contributed by atoms with E-state index < -0.39 is 107 Å². The minimum absolute atomic E-state index is 0.0549. The van der Waals surface area contributed by atoms with Crippen LogP contribution in [0.25, 0.3) is 5.70 Å². The molecule has 3 aliphatic carbocycles. The molecule has 15 nitrogen and oxygen atoms in total. The maximum absolute atomic E-state index is 15.9. The molecule has 1 aliphatic heterocycles. The largest absolute Gasteiger partial charge is 0.455 e. The number of esters is 4. The predicted molar refractivity (Wildman–Crippen MR) is 281 cm³/mol. The van der Waals surface area contributed by atoms with Crippen LogP contribution in [-0.4, -0.2) is 105 Å². The number of ether oxygens (including phenoxy) is 5. The highest BCUT2D eigenvalue weighted by Gasteiger charge is 2.77. The third kappa shape index (κ3) is 10.8. The fourth-order valence-corrected chi connectivity index (χ4v) is 13.9. The number of fused-ring (bicyclic) bond motifs is 5. The molecule has 8 rings (SSSR count). The third-order valence-electron chi connectivity index (χ3n) is 15.7. The Labute approximate surface area is 445 Å². The van der Waals surface area contributed by atoms with E-state index in [1.165, 1.54) is 47.6 Å². The van der Waals surface area contributed by atoms with Gasteiger partial charge in [0, 0.05) is 67.0 Å².